The molecule has 1 aliphatic rings. The van der Waals surface area contributed by atoms with Crippen LogP contribution >= 0.6 is 23.9 Å². The number of halogens is 1. The molecular formula is C28H29BrN9OP. The SMILES string of the molecule is CCOc1cc2c(cc1Nc1ncc(Br)c(Nc3ccc4nccnc4c3P(C)C)n1)-c1cnn(C)c1CCN2. The van der Waals surface area contributed by atoms with Crippen molar-refractivity contribution in [2.75, 3.05) is 42.4 Å². The number of nitrogens with one attached hydrogen (secondary N) is 3. The molecule has 5 aromatic rings. The number of ether oxygens (including phenoxy) is 1. The zero-order valence-corrected chi connectivity index (χ0v) is 25.1. The van der Waals surface area contributed by atoms with Crippen molar-refractivity contribution in [2.45, 2.75) is 13.3 Å². The predicted octanol–water partition coefficient (Wildman–Crippen LogP) is 5.80. The lowest BCUT2D eigenvalue weighted by molar-refractivity contribution is 0.342. The van der Waals surface area contributed by atoms with Crippen molar-refractivity contribution >= 4 is 69.0 Å². The minimum atomic E-state index is -0.473. The van der Waals surface area contributed by atoms with Crippen LogP contribution < -0.4 is 26.0 Å². The molecular weight excluding hydrogens is 589 g/mol. The lowest BCUT2D eigenvalue weighted by Crippen LogP contribution is -2.12. The molecule has 12 heteroatoms. The molecule has 0 radical (unpaired) electrons. The van der Waals surface area contributed by atoms with E-state index in [0.29, 0.717) is 18.4 Å². The molecule has 3 N–H and O–H groups in total. The van der Waals surface area contributed by atoms with Crippen molar-refractivity contribution in [3.05, 3.63) is 59.2 Å². The second kappa shape index (κ2) is 11.0. The fourth-order valence-electron chi connectivity index (χ4n) is 4.96. The summed E-state index contributed by atoms with van der Waals surface area (Å²) in [5, 5.41) is 16.1. The van der Waals surface area contributed by atoms with Gasteiger partial charge in [0.2, 0.25) is 5.95 Å². The van der Waals surface area contributed by atoms with Crippen LogP contribution in [-0.4, -0.2) is 56.2 Å². The average Bonchev–Trinajstić information content (AvgIpc) is 3.21. The van der Waals surface area contributed by atoms with Crippen molar-refractivity contribution in [1.82, 2.24) is 29.7 Å². The summed E-state index contributed by atoms with van der Waals surface area (Å²) in [5.41, 5.74) is 7.88. The van der Waals surface area contributed by atoms with Gasteiger partial charge in [0.25, 0.3) is 0 Å². The third-order valence-corrected chi connectivity index (χ3v) is 8.68. The van der Waals surface area contributed by atoms with Gasteiger partial charge in [0.05, 0.1) is 34.0 Å². The number of hydrogen-bond donors (Lipinski definition) is 3. The lowest BCUT2D eigenvalue weighted by atomic mass is 10.0. The van der Waals surface area contributed by atoms with Crippen LogP contribution in [0, 0.1) is 0 Å². The molecule has 4 heterocycles. The Morgan fingerprint density at radius 2 is 1.90 bits per heavy atom. The highest BCUT2D eigenvalue weighted by atomic mass is 79.9. The Morgan fingerprint density at radius 1 is 1.05 bits per heavy atom. The monoisotopic (exact) mass is 617 g/mol. The van der Waals surface area contributed by atoms with Gasteiger partial charge in [0.1, 0.15) is 11.6 Å². The van der Waals surface area contributed by atoms with Gasteiger partial charge >= 0.3 is 0 Å². The van der Waals surface area contributed by atoms with Crippen LogP contribution in [0.2, 0.25) is 0 Å². The topological polar surface area (TPSA) is 115 Å². The van der Waals surface area contributed by atoms with Gasteiger partial charge in [-0.1, -0.05) is 7.92 Å². The van der Waals surface area contributed by atoms with Gasteiger partial charge in [-0.25, -0.2) is 4.98 Å². The van der Waals surface area contributed by atoms with E-state index in [1.165, 1.54) is 5.69 Å². The second-order valence-corrected chi connectivity index (χ2v) is 12.6. The van der Waals surface area contributed by atoms with Gasteiger partial charge in [0, 0.05) is 78.2 Å². The summed E-state index contributed by atoms with van der Waals surface area (Å²) in [6.07, 6.45) is 8.00. The third-order valence-electron chi connectivity index (χ3n) is 6.75. The molecule has 204 valence electrons. The Labute approximate surface area is 241 Å². The molecule has 0 amide bonds. The Bertz CT molecular complexity index is 1720. The largest absolute Gasteiger partial charge is 0.492 e. The predicted molar refractivity (Wildman–Crippen MR) is 166 cm³/mol. The molecule has 0 bridgehead atoms. The van der Waals surface area contributed by atoms with Gasteiger partial charge in [-0.3, -0.25) is 14.6 Å². The van der Waals surface area contributed by atoms with E-state index in [4.69, 9.17) is 9.72 Å². The molecule has 10 nitrogen and oxygen atoms in total. The standard InChI is InChI=1S/C28H29BrN9OP/c1-5-39-24-13-21-16(17-14-34-38(2)23(17)8-9-30-21)12-22(24)36-28-33-15-18(29)27(37-28)35-20-7-6-19-25(26(20)40(3)4)32-11-10-31-19/h6-7,10-15,30H,5,8-9H2,1-4H3,(H2,33,35,36,37). The van der Waals surface area contributed by atoms with Gasteiger partial charge < -0.3 is 20.7 Å². The lowest BCUT2D eigenvalue weighted by Gasteiger charge is -2.18. The fraction of sp³-hybridized carbons (Fsp3) is 0.250. The van der Waals surface area contributed by atoms with E-state index in [1.54, 1.807) is 18.6 Å². The summed E-state index contributed by atoms with van der Waals surface area (Å²) in [4.78, 5) is 18.5. The summed E-state index contributed by atoms with van der Waals surface area (Å²) >= 11 is 3.62. The number of benzene rings is 2. The van der Waals surface area contributed by atoms with Crippen LogP contribution in [-0.2, 0) is 13.5 Å². The number of aryl methyl sites for hydroxylation is 1. The normalized spacial score (nSPS) is 12.4. The van der Waals surface area contributed by atoms with Crippen LogP contribution in [0.1, 0.15) is 12.6 Å². The molecule has 0 fully saturated rings. The smallest absolute Gasteiger partial charge is 0.229 e. The molecule has 2 aromatic carbocycles. The molecule has 0 saturated heterocycles. The van der Waals surface area contributed by atoms with Gasteiger partial charge in [-0.05, 0) is 54.4 Å². The first-order valence-electron chi connectivity index (χ1n) is 13.0. The van der Waals surface area contributed by atoms with Gasteiger partial charge in [-0.2, -0.15) is 10.1 Å². The number of fused-ring (bicyclic) bond motifs is 4. The van der Waals surface area contributed by atoms with Crippen LogP contribution in [0.25, 0.3) is 22.2 Å². The minimum Gasteiger partial charge on any atom is -0.492 e. The zero-order valence-electron chi connectivity index (χ0n) is 22.7. The first-order valence-corrected chi connectivity index (χ1v) is 16.0. The van der Waals surface area contributed by atoms with Crippen molar-refractivity contribution in [3.8, 4) is 16.9 Å². The molecule has 0 spiro atoms. The Morgan fingerprint density at radius 3 is 2.73 bits per heavy atom. The second-order valence-electron chi connectivity index (χ2n) is 9.55. The molecule has 6 rings (SSSR count). The van der Waals surface area contributed by atoms with Crippen molar-refractivity contribution in [3.63, 3.8) is 0 Å². The van der Waals surface area contributed by atoms with Crippen molar-refractivity contribution in [1.29, 1.82) is 0 Å². The van der Waals surface area contributed by atoms with E-state index in [9.17, 15) is 0 Å². The van der Waals surface area contributed by atoms with E-state index in [2.05, 4.69) is 71.3 Å². The van der Waals surface area contributed by atoms with Gasteiger partial charge in [-0.15, -0.1) is 0 Å². The van der Waals surface area contributed by atoms with Crippen LogP contribution in [0.5, 0.6) is 5.75 Å². The molecule has 3 aromatic heterocycles. The minimum absolute atomic E-state index is 0.442. The van der Waals surface area contributed by atoms with E-state index < -0.39 is 7.92 Å². The fourth-order valence-corrected chi connectivity index (χ4v) is 6.46. The molecule has 0 aliphatic carbocycles. The maximum atomic E-state index is 6.03. The number of rotatable bonds is 7. The Balaban J connectivity index is 1.38. The van der Waals surface area contributed by atoms with Crippen molar-refractivity contribution < 1.29 is 4.74 Å². The first kappa shape index (κ1) is 26.4. The summed E-state index contributed by atoms with van der Waals surface area (Å²) in [6, 6.07) is 8.13. The van der Waals surface area contributed by atoms with E-state index in [1.807, 2.05) is 43.0 Å². The van der Waals surface area contributed by atoms with E-state index >= 15 is 0 Å². The van der Waals surface area contributed by atoms with Crippen LogP contribution in [0.4, 0.5) is 28.8 Å². The maximum absolute atomic E-state index is 6.03. The van der Waals surface area contributed by atoms with Crippen molar-refractivity contribution in [2.24, 2.45) is 7.05 Å². The van der Waals surface area contributed by atoms with Crippen LogP contribution in [0.15, 0.2) is 53.5 Å². The summed E-state index contributed by atoms with van der Waals surface area (Å²) in [5.74, 6) is 1.81. The number of aromatic nitrogens is 6. The number of anilines is 5. The molecule has 0 atom stereocenters. The summed E-state index contributed by atoms with van der Waals surface area (Å²) < 4.78 is 8.71. The highest BCUT2D eigenvalue weighted by Crippen LogP contribution is 2.41. The number of hydrogen-bond acceptors (Lipinski definition) is 9. The van der Waals surface area contributed by atoms with Gasteiger partial charge in [0.15, 0.2) is 0 Å². The third kappa shape index (κ3) is 4.95. The maximum Gasteiger partial charge on any atom is 0.229 e. The average molecular weight is 618 g/mol. The van der Waals surface area contributed by atoms with E-state index in [-0.39, 0.29) is 0 Å². The molecule has 1 aliphatic heterocycles. The van der Waals surface area contributed by atoms with Crippen LogP contribution in [0.3, 0.4) is 0 Å². The first-order chi connectivity index (χ1) is 19.4. The Kier molecular flexibility index (Phi) is 7.25. The Hall–Kier alpha value is -3.82. The highest BCUT2D eigenvalue weighted by Gasteiger charge is 2.21. The zero-order chi connectivity index (χ0) is 27.8. The molecule has 40 heavy (non-hydrogen) atoms. The molecule has 0 unspecified atom stereocenters. The highest BCUT2D eigenvalue weighted by molar-refractivity contribution is 9.10. The quantitative estimate of drug-likeness (QED) is 0.195. The summed E-state index contributed by atoms with van der Waals surface area (Å²) in [6.45, 7) is 7.75. The molecule has 0 saturated carbocycles. The number of nitrogens with zero attached hydrogens (tertiary/aromatic N) is 6. The summed E-state index contributed by atoms with van der Waals surface area (Å²) in [7, 11) is 1.51. The van der Waals surface area contributed by atoms with E-state index in [0.717, 1.165) is 67.7 Å².